The third-order valence-corrected chi connectivity index (χ3v) is 3.38. The summed E-state index contributed by atoms with van der Waals surface area (Å²) >= 11 is 0. The molecular formula is C11H23N. The molecule has 0 aliphatic heterocycles. The lowest BCUT2D eigenvalue weighted by molar-refractivity contribution is 0.185. The Kier molecular flexibility index (Phi) is 4.07. The molecule has 0 N–H and O–H groups in total. The molecule has 0 spiro atoms. The Labute approximate surface area is 77.1 Å². The fourth-order valence-corrected chi connectivity index (χ4v) is 2.19. The van der Waals surface area contributed by atoms with Gasteiger partial charge in [-0.2, -0.15) is 0 Å². The Balaban J connectivity index is 2.28. The molecule has 2 unspecified atom stereocenters. The minimum absolute atomic E-state index is 0.966. The highest BCUT2D eigenvalue weighted by molar-refractivity contribution is 4.74. The summed E-state index contributed by atoms with van der Waals surface area (Å²) < 4.78 is 0. The Morgan fingerprint density at radius 1 is 1.25 bits per heavy atom. The second-order valence-electron chi connectivity index (χ2n) is 4.38. The van der Waals surface area contributed by atoms with Crippen LogP contribution in [-0.2, 0) is 0 Å². The molecule has 1 rings (SSSR count). The first-order chi connectivity index (χ1) is 5.74. The zero-order valence-corrected chi connectivity index (χ0v) is 8.84. The SMILES string of the molecule is CCN(C)CC1CCCCC1C. The molecule has 1 fully saturated rings. The number of rotatable bonds is 3. The van der Waals surface area contributed by atoms with Gasteiger partial charge in [0.25, 0.3) is 0 Å². The summed E-state index contributed by atoms with van der Waals surface area (Å²) in [5.41, 5.74) is 0. The average Bonchev–Trinajstić information content (AvgIpc) is 2.09. The van der Waals surface area contributed by atoms with E-state index in [0.29, 0.717) is 0 Å². The van der Waals surface area contributed by atoms with Crippen LogP contribution < -0.4 is 0 Å². The van der Waals surface area contributed by atoms with Crippen molar-refractivity contribution in [1.82, 2.24) is 4.90 Å². The van der Waals surface area contributed by atoms with Gasteiger partial charge in [0.1, 0.15) is 0 Å². The quantitative estimate of drug-likeness (QED) is 0.628. The average molecular weight is 169 g/mol. The maximum atomic E-state index is 2.45. The van der Waals surface area contributed by atoms with E-state index in [-0.39, 0.29) is 0 Å². The second-order valence-corrected chi connectivity index (χ2v) is 4.38. The predicted octanol–water partition coefficient (Wildman–Crippen LogP) is 2.76. The molecule has 12 heavy (non-hydrogen) atoms. The highest BCUT2D eigenvalue weighted by atomic mass is 15.1. The minimum Gasteiger partial charge on any atom is -0.306 e. The summed E-state index contributed by atoms with van der Waals surface area (Å²) in [5, 5.41) is 0. The van der Waals surface area contributed by atoms with Crippen LogP contribution in [0.2, 0.25) is 0 Å². The van der Waals surface area contributed by atoms with E-state index in [2.05, 4.69) is 25.8 Å². The first-order valence-electron chi connectivity index (χ1n) is 5.42. The van der Waals surface area contributed by atoms with Crippen molar-refractivity contribution in [2.45, 2.75) is 39.5 Å². The fraction of sp³-hybridized carbons (Fsp3) is 1.00. The van der Waals surface area contributed by atoms with Crippen LogP contribution in [0.15, 0.2) is 0 Å². The smallest absolute Gasteiger partial charge is 0.000904 e. The molecule has 0 heterocycles. The molecule has 1 nitrogen and oxygen atoms in total. The summed E-state index contributed by atoms with van der Waals surface area (Å²) in [6.45, 7) is 7.18. The minimum atomic E-state index is 0.966. The van der Waals surface area contributed by atoms with Crippen LogP contribution in [0.5, 0.6) is 0 Å². The van der Waals surface area contributed by atoms with Gasteiger partial charge in [0.05, 0.1) is 0 Å². The zero-order chi connectivity index (χ0) is 8.97. The van der Waals surface area contributed by atoms with Gasteiger partial charge in [-0.15, -0.1) is 0 Å². The molecule has 72 valence electrons. The lowest BCUT2D eigenvalue weighted by Crippen LogP contribution is -2.30. The molecular weight excluding hydrogens is 146 g/mol. The van der Waals surface area contributed by atoms with E-state index < -0.39 is 0 Å². The normalized spacial score (nSPS) is 31.0. The van der Waals surface area contributed by atoms with Gasteiger partial charge < -0.3 is 4.90 Å². The molecule has 2 atom stereocenters. The zero-order valence-electron chi connectivity index (χ0n) is 8.84. The monoisotopic (exact) mass is 169 g/mol. The maximum Gasteiger partial charge on any atom is 0.000904 e. The van der Waals surface area contributed by atoms with Crippen molar-refractivity contribution in [1.29, 1.82) is 0 Å². The van der Waals surface area contributed by atoms with E-state index in [1.165, 1.54) is 38.8 Å². The molecule has 1 aliphatic carbocycles. The number of nitrogens with zero attached hydrogens (tertiary/aromatic N) is 1. The summed E-state index contributed by atoms with van der Waals surface area (Å²) in [5.74, 6) is 1.94. The Bertz CT molecular complexity index is 122. The Morgan fingerprint density at radius 2 is 1.92 bits per heavy atom. The van der Waals surface area contributed by atoms with E-state index in [0.717, 1.165) is 11.8 Å². The molecule has 0 aromatic rings. The van der Waals surface area contributed by atoms with Gasteiger partial charge in [0.2, 0.25) is 0 Å². The molecule has 1 saturated carbocycles. The highest BCUT2D eigenvalue weighted by Crippen LogP contribution is 2.29. The van der Waals surface area contributed by atoms with Crippen LogP contribution in [0, 0.1) is 11.8 Å². The molecule has 1 aliphatic rings. The molecule has 0 bridgehead atoms. The first kappa shape index (κ1) is 10.0. The lowest BCUT2D eigenvalue weighted by Gasteiger charge is -2.31. The van der Waals surface area contributed by atoms with Crippen LogP contribution in [0.4, 0.5) is 0 Å². The van der Waals surface area contributed by atoms with E-state index >= 15 is 0 Å². The summed E-state index contributed by atoms with van der Waals surface area (Å²) in [7, 11) is 2.24. The number of hydrogen-bond donors (Lipinski definition) is 0. The fourth-order valence-electron chi connectivity index (χ4n) is 2.19. The molecule has 0 saturated heterocycles. The predicted molar refractivity (Wildman–Crippen MR) is 54.3 cm³/mol. The van der Waals surface area contributed by atoms with Crippen molar-refractivity contribution in [3.05, 3.63) is 0 Å². The molecule has 0 aromatic heterocycles. The summed E-state index contributed by atoms with van der Waals surface area (Å²) in [4.78, 5) is 2.45. The lowest BCUT2D eigenvalue weighted by atomic mass is 9.80. The van der Waals surface area contributed by atoms with Crippen LogP contribution in [0.1, 0.15) is 39.5 Å². The number of hydrogen-bond acceptors (Lipinski definition) is 1. The van der Waals surface area contributed by atoms with Crippen molar-refractivity contribution in [3.63, 3.8) is 0 Å². The van der Waals surface area contributed by atoms with Crippen molar-refractivity contribution in [3.8, 4) is 0 Å². The van der Waals surface area contributed by atoms with Gasteiger partial charge in [-0.1, -0.05) is 33.1 Å². The summed E-state index contributed by atoms with van der Waals surface area (Å²) in [6.07, 6.45) is 5.85. The molecule has 0 aromatic carbocycles. The van der Waals surface area contributed by atoms with Gasteiger partial charge in [0, 0.05) is 6.54 Å². The highest BCUT2D eigenvalue weighted by Gasteiger charge is 2.21. The van der Waals surface area contributed by atoms with E-state index in [1.54, 1.807) is 0 Å². The van der Waals surface area contributed by atoms with Crippen LogP contribution in [0.25, 0.3) is 0 Å². The van der Waals surface area contributed by atoms with Crippen molar-refractivity contribution in [2.24, 2.45) is 11.8 Å². The molecule has 0 amide bonds. The largest absolute Gasteiger partial charge is 0.306 e. The van der Waals surface area contributed by atoms with Gasteiger partial charge in [-0.25, -0.2) is 0 Å². The Morgan fingerprint density at radius 3 is 2.50 bits per heavy atom. The van der Waals surface area contributed by atoms with Crippen LogP contribution in [-0.4, -0.2) is 25.0 Å². The topological polar surface area (TPSA) is 3.24 Å². The van der Waals surface area contributed by atoms with E-state index in [9.17, 15) is 0 Å². The van der Waals surface area contributed by atoms with Gasteiger partial charge in [-0.3, -0.25) is 0 Å². The maximum absolute atomic E-state index is 2.45. The van der Waals surface area contributed by atoms with Crippen LogP contribution >= 0.6 is 0 Å². The van der Waals surface area contributed by atoms with Crippen molar-refractivity contribution < 1.29 is 0 Å². The molecule has 1 heteroatoms. The third kappa shape index (κ3) is 2.78. The standard InChI is InChI=1S/C11H23N/c1-4-12(3)9-11-8-6-5-7-10(11)2/h10-11H,4-9H2,1-3H3. The van der Waals surface area contributed by atoms with E-state index in [1.807, 2.05) is 0 Å². The van der Waals surface area contributed by atoms with E-state index in [4.69, 9.17) is 0 Å². The van der Waals surface area contributed by atoms with Gasteiger partial charge in [0.15, 0.2) is 0 Å². The molecule has 0 radical (unpaired) electrons. The summed E-state index contributed by atoms with van der Waals surface area (Å²) in [6, 6.07) is 0. The third-order valence-electron chi connectivity index (χ3n) is 3.38. The van der Waals surface area contributed by atoms with Gasteiger partial charge >= 0.3 is 0 Å². The van der Waals surface area contributed by atoms with Crippen LogP contribution in [0.3, 0.4) is 0 Å². The van der Waals surface area contributed by atoms with Crippen molar-refractivity contribution in [2.75, 3.05) is 20.1 Å². The van der Waals surface area contributed by atoms with Crippen molar-refractivity contribution >= 4 is 0 Å². The Hall–Kier alpha value is -0.0400. The first-order valence-corrected chi connectivity index (χ1v) is 5.42. The van der Waals surface area contributed by atoms with Gasteiger partial charge in [-0.05, 0) is 31.8 Å². The second kappa shape index (κ2) is 4.86.